The van der Waals surface area contributed by atoms with Gasteiger partial charge in [0, 0.05) is 30.1 Å². The zero-order chi connectivity index (χ0) is 17.3. The molecule has 25 heavy (non-hydrogen) atoms. The summed E-state index contributed by atoms with van der Waals surface area (Å²) in [7, 11) is 0. The highest BCUT2D eigenvalue weighted by Gasteiger charge is 1.98. The van der Waals surface area contributed by atoms with Crippen LogP contribution in [0.3, 0.4) is 0 Å². The normalized spacial score (nSPS) is 10.1. The van der Waals surface area contributed by atoms with E-state index in [9.17, 15) is 5.11 Å². The van der Waals surface area contributed by atoms with E-state index in [0.29, 0.717) is 12.3 Å². The third kappa shape index (κ3) is 5.17. The second-order valence-corrected chi connectivity index (χ2v) is 5.54. The molecule has 124 valence electrons. The number of phenolic OH excluding ortho intramolecular Hbond substituents is 1. The number of rotatable bonds is 5. The third-order valence-electron chi connectivity index (χ3n) is 3.68. The van der Waals surface area contributed by atoms with E-state index in [1.807, 2.05) is 36.4 Å². The first-order valence-electron chi connectivity index (χ1n) is 8.16. The molecule has 4 heteroatoms. The van der Waals surface area contributed by atoms with Gasteiger partial charge in [0.1, 0.15) is 5.75 Å². The Morgan fingerprint density at radius 3 is 2.36 bits per heavy atom. The maximum atomic E-state index is 9.25. The molecule has 1 aromatic heterocycles. The summed E-state index contributed by atoms with van der Waals surface area (Å²) in [4.78, 5) is 8.47. The van der Waals surface area contributed by atoms with Crippen molar-refractivity contribution in [2.24, 2.45) is 0 Å². The molecule has 2 N–H and O–H groups in total. The number of hydrogen-bond donors (Lipinski definition) is 2. The highest BCUT2D eigenvalue weighted by molar-refractivity contribution is 5.56. The van der Waals surface area contributed by atoms with Crippen molar-refractivity contribution in [3.63, 3.8) is 0 Å². The van der Waals surface area contributed by atoms with Gasteiger partial charge in [-0.25, -0.2) is 9.97 Å². The van der Waals surface area contributed by atoms with E-state index in [2.05, 4.69) is 27.1 Å². The van der Waals surface area contributed by atoms with Gasteiger partial charge in [0.2, 0.25) is 0 Å². The predicted molar refractivity (Wildman–Crippen MR) is 99.0 cm³/mol. The van der Waals surface area contributed by atoms with Gasteiger partial charge < -0.3 is 10.4 Å². The van der Waals surface area contributed by atoms with Gasteiger partial charge in [-0.05, 0) is 54.4 Å². The van der Waals surface area contributed by atoms with Crippen molar-refractivity contribution in [1.82, 2.24) is 15.3 Å². The minimum absolute atomic E-state index is 0.299. The lowest BCUT2D eigenvalue weighted by atomic mass is 10.1. The van der Waals surface area contributed by atoms with E-state index in [0.717, 1.165) is 29.9 Å². The summed E-state index contributed by atoms with van der Waals surface area (Å²) in [5.74, 6) is 7.29. The summed E-state index contributed by atoms with van der Waals surface area (Å²) in [6, 6.07) is 17.0. The summed E-state index contributed by atoms with van der Waals surface area (Å²) in [5, 5.41) is 12.5. The number of aromatic hydroxyl groups is 1. The molecule has 0 spiro atoms. The summed E-state index contributed by atoms with van der Waals surface area (Å²) < 4.78 is 0. The van der Waals surface area contributed by atoms with Crippen molar-refractivity contribution in [3.05, 3.63) is 78.1 Å². The predicted octanol–water partition coefficient (Wildman–Crippen LogP) is 3.03. The van der Waals surface area contributed by atoms with E-state index in [1.54, 1.807) is 30.6 Å². The number of benzene rings is 2. The Labute approximate surface area is 147 Å². The van der Waals surface area contributed by atoms with E-state index < -0.39 is 0 Å². The topological polar surface area (TPSA) is 58.0 Å². The summed E-state index contributed by atoms with van der Waals surface area (Å²) in [6.45, 7) is 1.49. The third-order valence-corrected chi connectivity index (χ3v) is 3.68. The smallest absolute Gasteiger partial charge is 0.159 e. The van der Waals surface area contributed by atoms with Crippen LogP contribution < -0.4 is 5.32 Å². The van der Waals surface area contributed by atoms with Crippen LogP contribution in [0.4, 0.5) is 0 Å². The highest BCUT2D eigenvalue weighted by atomic mass is 16.3. The molecule has 3 rings (SSSR count). The fourth-order valence-electron chi connectivity index (χ4n) is 2.34. The van der Waals surface area contributed by atoms with Crippen LogP contribution in [0.15, 0.2) is 67.0 Å². The molecule has 2 aromatic carbocycles. The molecule has 4 nitrogen and oxygen atoms in total. The molecular weight excluding hydrogens is 310 g/mol. The van der Waals surface area contributed by atoms with Crippen LogP contribution in [0, 0.1) is 11.8 Å². The lowest BCUT2D eigenvalue weighted by molar-refractivity contribution is 0.475. The zero-order valence-electron chi connectivity index (χ0n) is 13.8. The lowest BCUT2D eigenvalue weighted by Crippen LogP contribution is -2.17. The Morgan fingerprint density at radius 2 is 1.64 bits per heavy atom. The standard InChI is InChI=1S/C21H19N3O/c25-20-10-6-18(7-11-20)12-16-22-13-1-3-17-4-8-19(9-5-17)21-23-14-2-15-24-21/h2,4-11,14-15,22,25H,12-13,16H2. The monoisotopic (exact) mass is 329 g/mol. The second kappa shape index (κ2) is 8.62. The number of hydrogen-bond acceptors (Lipinski definition) is 4. The molecule has 0 atom stereocenters. The van der Waals surface area contributed by atoms with Gasteiger partial charge in [0.05, 0.1) is 6.54 Å². The van der Waals surface area contributed by atoms with Gasteiger partial charge in [-0.1, -0.05) is 24.0 Å². The molecule has 0 unspecified atom stereocenters. The molecule has 0 amide bonds. The molecule has 3 aromatic rings. The molecule has 0 bridgehead atoms. The second-order valence-electron chi connectivity index (χ2n) is 5.54. The van der Waals surface area contributed by atoms with Crippen LogP contribution in [0.1, 0.15) is 11.1 Å². The van der Waals surface area contributed by atoms with Crippen LogP contribution in [0.25, 0.3) is 11.4 Å². The molecule has 0 aliphatic carbocycles. The Morgan fingerprint density at radius 1 is 0.920 bits per heavy atom. The maximum absolute atomic E-state index is 9.25. The average molecular weight is 329 g/mol. The number of phenols is 1. The van der Waals surface area contributed by atoms with Crippen molar-refractivity contribution in [1.29, 1.82) is 0 Å². The number of aromatic nitrogens is 2. The van der Waals surface area contributed by atoms with Crippen LogP contribution in [-0.2, 0) is 6.42 Å². The van der Waals surface area contributed by atoms with Gasteiger partial charge in [-0.2, -0.15) is 0 Å². The number of nitrogens with one attached hydrogen (secondary N) is 1. The van der Waals surface area contributed by atoms with Gasteiger partial charge in [-0.3, -0.25) is 0 Å². The fraction of sp³-hybridized carbons (Fsp3) is 0.143. The van der Waals surface area contributed by atoms with E-state index in [1.165, 1.54) is 5.56 Å². The van der Waals surface area contributed by atoms with Crippen molar-refractivity contribution < 1.29 is 5.11 Å². The molecule has 0 fully saturated rings. The van der Waals surface area contributed by atoms with E-state index in [-0.39, 0.29) is 0 Å². The Hall–Kier alpha value is -3.16. The Bertz CT molecular complexity index is 848. The summed E-state index contributed by atoms with van der Waals surface area (Å²) >= 11 is 0. The minimum Gasteiger partial charge on any atom is -0.508 e. The maximum Gasteiger partial charge on any atom is 0.159 e. The lowest BCUT2D eigenvalue weighted by Gasteiger charge is -2.01. The van der Waals surface area contributed by atoms with Crippen LogP contribution >= 0.6 is 0 Å². The van der Waals surface area contributed by atoms with Gasteiger partial charge in [-0.15, -0.1) is 0 Å². The van der Waals surface area contributed by atoms with Crippen molar-refractivity contribution in [3.8, 4) is 29.0 Å². The van der Waals surface area contributed by atoms with Crippen molar-refractivity contribution in [2.75, 3.05) is 13.1 Å². The largest absolute Gasteiger partial charge is 0.508 e. The molecule has 1 heterocycles. The molecule has 0 saturated heterocycles. The molecule has 0 aliphatic rings. The van der Waals surface area contributed by atoms with Gasteiger partial charge >= 0.3 is 0 Å². The summed E-state index contributed by atoms with van der Waals surface area (Å²) in [5.41, 5.74) is 3.15. The molecular formula is C21H19N3O. The van der Waals surface area contributed by atoms with Gasteiger partial charge in [0.25, 0.3) is 0 Å². The first kappa shape index (κ1) is 16.7. The SMILES string of the molecule is Oc1ccc(CCNCC#Cc2ccc(-c3ncccn3)cc2)cc1. The van der Waals surface area contributed by atoms with Crippen LogP contribution in [0.5, 0.6) is 5.75 Å². The van der Waals surface area contributed by atoms with E-state index in [4.69, 9.17) is 0 Å². The van der Waals surface area contributed by atoms with Crippen LogP contribution in [-0.4, -0.2) is 28.2 Å². The fourth-order valence-corrected chi connectivity index (χ4v) is 2.34. The van der Waals surface area contributed by atoms with Crippen molar-refractivity contribution >= 4 is 0 Å². The first-order chi connectivity index (χ1) is 12.3. The molecule has 0 aliphatic heterocycles. The first-order valence-corrected chi connectivity index (χ1v) is 8.16. The van der Waals surface area contributed by atoms with Crippen LogP contribution in [0.2, 0.25) is 0 Å². The minimum atomic E-state index is 0.299. The Kier molecular flexibility index (Phi) is 5.76. The highest BCUT2D eigenvalue weighted by Crippen LogP contribution is 2.14. The van der Waals surface area contributed by atoms with E-state index >= 15 is 0 Å². The molecule has 0 radical (unpaired) electrons. The van der Waals surface area contributed by atoms with Gasteiger partial charge in [0.15, 0.2) is 5.82 Å². The number of nitrogens with zero attached hydrogens (tertiary/aromatic N) is 2. The van der Waals surface area contributed by atoms with Crippen molar-refractivity contribution in [2.45, 2.75) is 6.42 Å². The summed E-state index contributed by atoms with van der Waals surface area (Å²) in [6.07, 6.45) is 4.38. The zero-order valence-corrected chi connectivity index (χ0v) is 13.8. The quantitative estimate of drug-likeness (QED) is 0.558. The average Bonchev–Trinajstić information content (AvgIpc) is 2.67. The Balaban J connectivity index is 1.45. The molecule has 0 saturated carbocycles.